The Labute approximate surface area is 211 Å². The molecule has 176 valence electrons. The van der Waals surface area contributed by atoms with E-state index < -0.39 is 0 Å². The molecular weight excluding hydrogens is 476 g/mol. The summed E-state index contributed by atoms with van der Waals surface area (Å²) in [6.07, 6.45) is 0. The van der Waals surface area contributed by atoms with E-state index in [1.807, 2.05) is 58.0 Å². The van der Waals surface area contributed by atoms with Gasteiger partial charge in [0, 0.05) is 0 Å². The first-order chi connectivity index (χ1) is 16.8. The van der Waals surface area contributed by atoms with Crippen LogP contribution < -0.4 is 10.9 Å². The smallest absolute Gasteiger partial charge is 0.266 e. The summed E-state index contributed by atoms with van der Waals surface area (Å²) in [5.74, 6) is -0.0958. The van der Waals surface area contributed by atoms with Gasteiger partial charge in [0.2, 0.25) is 5.91 Å². The summed E-state index contributed by atoms with van der Waals surface area (Å²) in [6.45, 7) is 8.07. The lowest BCUT2D eigenvalue weighted by Gasteiger charge is -2.14. The highest BCUT2D eigenvalue weighted by atomic mass is 32.2. The lowest BCUT2D eigenvalue weighted by Crippen LogP contribution is -2.23. The number of hydrogen-bond acceptors (Lipinski definition) is 6. The fraction of sp³-hybridized carbons (Fsp3) is 0.185. The van der Waals surface area contributed by atoms with Crippen molar-refractivity contribution in [2.75, 3.05) is 11.1 Å². The second-order valence-electron chi connectivity index (χ2n) is 8.68. The van der Waals surface area contributed by atoms with Crippen molar-refractivity contribution in [2.24, 2.45) is 0 Å². The van der Waals surface area contributed by atoms with Crippen LogP contribution in [0.3, 0.4) is 0 Å². The van der Waals surface area contributed by atoms with Gasteiger partial charge in [0.15, 0.2) is 10.3 Å². The Morgan fingerprint density at radius 2 is 1.69 bits per heavy atom. The molecule has 5 rings (SSSR count). The van der Waals surface area contributed by atoms with Crippen LogP contribution in [0, 0.1) is 27.7 Å². The molecule has 0 saturated carbocycles. The number of nitrogens with zero attached hydrogens (tertiary/aromatic N) is 3. The van der Waals surface area contributed by atoms with Crippen LogP contribution in [0.5, 0.6) is 0 Å². The number of rotatable bonds is 5. The third-order valence-corrected chi connectivity index (χ3v) is 7.47. The number of carbonyl (C=O) groups excluding carboxylic acids is 1. The third-order valence-electron chi connectivity index (χ3n) is 5.62. The molecule has 2 heterocycles. The molecule has 1 amide bonds. The standard InChI is InChI=1S/C27H24N4O2S2/c1-15-9-16(2)12-19(11-15)31-25(33)20-7-5-6-8-21(20)28-27(31)34-14-23(32)29-26-30-24-18(4)10-17(3)13-22(24)35-26/h5-13H,14H2,1-4H3,(H,29,30,32). The number of carbonyl (C=O) groups is 1. The number of benzene rings is 3. The highest BCUT2D eigenvalue weighted by molar-refractivity contribution is 7.99. The average Bonchev–Trinajstić information content (AvgIpc) is 3.19. The van der Waals surface area contributed by atoms with Crippen molar-refractivity contribution in [3.05, 3.63) is 87.2 Å². The Kier molecular flexibility index (Phi) is 6.17. The van der Waals surface area contributed by atoms with E-state index in [9.17, 15) is 9.59 Å². The van der Waals surface area contributed by atoms with E-state index in [1.165, 1.54) is 28.7 Å². The maximum atomic E-state index is 13.5. The second kappa shape index (κ2) is 9.28. The van der Waals surface area contributed by atoms with Gasteiger partial charge in [0.1, 0.15) is 0 Å². The van der Waals surface area contributed by atoms with Crippen LogP contribution in [0.1, 0.15) is 22.3 Å². The van der Waals surface area contributed by atoms with Gasteiger partial charge in [-0.3, -0.25) is 14.2 Å². The van der Waals surface area contributed by atoms with E-state index in [0.717, 1.165) is 32.6 Å². The van der Waals surface area contributed by atoms with Crippen LogP contribution in [-0.2, 0) is 4.79 Å². The van der Waals surface area contributed by atoms with Gasteiger partial charge >= 0.3 is 0 Å². The fourth-order valence-electron chi connectivity index (χ4n) is 4.23. The van der Waals surface area contributed by atoms with Gasteiger partial charge in [0.05, 0.1) is 32.6 Å². The molecule has 2 aromatic heterocycles. The second-order valence-corrected chi connectivity index (χ2v) is 10.7. The van der Waals surface area contributed by atoms with Crippen molar-refractivity contribution < 1.29 is 4.79 Å². The van der Waals surface area contributed by atoms with Gasteiger partial charge in [-0.1, -0.05) is 47.4 Å². The van der Waals surface area contributed by atoms with Crippen molar-refractivity contribution in [3.63, 3.8) is 0 Å². The predicted molar refractivity (Wildman–Crippen MR) is 145 cm³/mol. The Hall–Kier alpha value is -3.49. The summed E-state index contributed by atoms with van der Waals surface area (Å²) in [6, 6.07) is 17.4. The molecule has 0 aliphatic carbocycles. The van der Waals surface area contributed by atoms with Gasteiger partial charge in [0.25, 0.3) is 5.56 Å². The highest BCUT2D eigenvalue weighted by Gasteiger charge is 2.16. The highest BCUT2D eigenvalue weighted by Crippen LogP contribution is 2.30. The zero-order valence-corrected chi connectivity index (χ0v) is 21.5. The van der Waals surface area contributed by atoms with Crippen molar-refractivity contribution in [3.8, 4) is 5.69 Å². The number of amides is 1. The Balaban J connectivity index is 1.46. The van der Waals surface area contributed by atoms with E-state index in [0.29, 0.717) is 21.2 Å². The van der Waals surface area contributed by atoms with Crippen LogP contribution >= 0.6 is 23.1 Å². The number of hydrogen-bond donors (Lipinski definition) is 1. The van der Waals surface area contributed by atoms with Gasteiger partial charge in [-0.25, -0.2) is 9.97 Å². The lowest BCUT2D eigenvalue weighted by atomic mass is 10.1. The molecule has 35 heavy (non-hydrogen) atoms. The van der Waals surface area contributed by atoms with Crippen molar-refractivity contribution in [2.45, 2.75) is 32.9 Å². The van der Waals surface area contributed by atoms with E-state index in [1.54, 1.807) is 10.6 Å². The largest absolute Gasteiger partial charge is 0.301 e. The Bertz CT molecular complexity index is 1650. The monoisotopic (exact) mass is 500 g/mol. The molecule has 5 aromatic rings. The zero-order chi connectivity index (χ0) is 24.7. The minimum absolute atomic E-state index is 0.101. The normalized spacial score (nSPS) is 11.3. The summed E-state index contributed by atoms with van der Waals surface area (Å²) >= 11 is 2.70. The number of para-hydroxylation sites is 1. The van der Waals surface area contributed by atoms with Crippen LogP contribution in [0.4, 0.5) is 5.13 Å². The maximum absolute atomic E-state index is 13.5. The van der Waals surface area contributed by atoms with Gasteiger partial charge < -0.3 is 5.32 Å². The SMILES string of the molecule is Cc1cc(C)cc(-n2c(SCC(=O)Nc3nc4c(C)cc(C)cc4s3)nc3ccccc3c2=O)c1. The molecule has 0 unspecified atom stereocenters. The molecule has 0 saturated heterocycles. The van der Waals surface area contributed by atoms with Crippen molar-refractivity contribution in [1.29, 1.82) is 0 Å². The number of fused-ring (bicyclic) bond motifs is 2. The molecule has 0 bridgehead atoms. The molecule has 0 aliphatic rings. The number of aryl methyl sites for hydroxylation is 4. The predicted octanol–water partition coefficient (Wildman–Crippen LogP) is 5.96. The molecule has 0 atom stereocenters. The lowest BCUT2D eigenvalue weighted by molar-refractivity contribution is -0.113. The van der Waals surface area contributed by atoms with Gasteiger partial charge in [-0.05, 0) is 80.3 Å². The zero-order valence-electron chi connectivity index (χ0n) is 19.9. The third kappa shape index (κ3) is 4.72. The van der Waals surface area contributed by atoms with Crippen molar-refractivity contribution in [1.82, 2.24) is 14.5 Å². The Morgan fingerprint density at radius 1 is 0.971 bits per heavy atom. The number of nitrogens with one attached hydrogen (secondary N) is 1. The van der Waals surface area contributed by atoms with E-state index in [2.05, 4.69) is 28.5 Å². The minimum Gasteiger partial charge on any atom is -0.301 e. The molecule has 0 fully saturated rings. The number of thiazole rings is 1. The van der Waals surface area contributed by atoms with Crippen LogP contribution in [-0.4, -0.2) is 26.2 Å². The quantitative estimate of drug-likeness (QED) is 0.238. The molecule has 0 radical (unpaired) electrons. The van der Waals surface area contributed by atoms with Crippen molar-refractivity contribution >= 4 is 55.3 Å². The fourth-order valence-corrected chi connectivity index (χ4v) is 6.10. The van der Waals surface area contributed by atoms with Gasteiger partial charge in [-0.15, -0.1) is 0 Å². The maximum Gasteiger partial charge on any atom is 0.266 e. The molecular formula is C27H24N4O2S2. The van der Waals surface area contributed by atoms with E-state index in [-0.39, 0.29) is 17.2 Å². The number of thioether (sulfide) groups is 1. The van der Waals surface area contributed by atoms with Crippen LogP contribution in [0.2, 0.25) is 0 Å². The summed E-state index contributed by atoms with van der Waals surface area (Å²) in [4.78, 5) is 35.6. The first-order valence-electron chi connectivity index (χ1n) is 11.2. The first kappa shape index (κ1) is 23.3. The summed E-state index contributed by atoms with van der Waals surface area (Å²) in [5.41, 5.74) is 6.46. The first-order valence-corrected chi connectivity index (χ1v) is 13.0. The molecule has 0 aliphatic heterocycles. The molecule has 0 spiro atoms. The number of anilines is 1. The minimum atomic E-state index is -0.196. The topological polar surface area (TPSA) is 76.9 Å². The van der Waals surface area contributed by atoms with Crippen LogP contribution in [0.15, 0.2) is 64.5 Å². The molecule has 6 nitrogen and oxygen atoms in total. The van der Waals surface area contributed by atoms with Crippen LogP contribution in [0.25, 0.3) is 26.8 Å². The van der Waals surface area contributed by atoms with Gasteiger partial charge in [-0.2, -0.15) is 0 Å². The molecule has 3 aromatic carbocycles. The van der Waals surface area contributed by atoms with E-state index >= 15 is 0 Å². The summed E-state index contributed by atoms with van der Waals surface area (Å²) < 4.78 is 2.65. The molecule has 1 N–H and O–H groups in total. The summed E-state index contributed by atoms with van der Waals surface area (Å²) in [5, 5.41) is 4.50. The number of aromatic nitrogens is 3. The Morgan fingerprint density at radius 3 is 2.46 bits per heavy atom. The average molecular weight is 501 g/mol. The molecule has 8 heteroatoms. The summed E-state index contributed by atoms with van der Waals surface area (Å²) in [7, 11) is 0. The van der Waals surface area contributed by atoms with E-state index in [4.69, 9.17) is 4.98 Å².